The predicted octanol–water partition coefficient (Wildman–Crippen LogP) is 1.12. The lowest BCUT2D eigenvalue weighted by Crippen LogP contribution is -2.23. The third-order valence-corrected chi connectivity index (χ3v) is 4.08. The van der Waals surface area contributed by atoms with Crippen molar-refractivity contribution in [1.29, 1.82) is 0 Å². The lowest BCUT2D eigenvalue weighted by molar-refractivity contribution is 0.0762. The molecule has 2 aromatic rings. The fourth-order valence-corrected chi connectivity index (χ4v) is 2.84. The zero-order valence-electron chi connectivity index (χ0n) is 13.8. The number of nitrogens with zero attached hydrogens (tertiary/aromatic N) is 3. The molecule has 126 valence electrons. The smallest absolute Gasteiger partial charge is 0.273 e. The molecular weight excluding hydrogens is 310 g/mol. The second-order valence-electron chi connectivity index (χ2n) is 5.58. The van der Waals surface area contributed by atoms with E-state index in [0.29, 0.717) is 30.2 Å². The number of carbonyl (C=O) groups is 1. The molecule has 4 N–H and O–H groups in total. The van der Waals surface area contributed by atoms with Crippen LogP contribution >= 0.6 is 0 Å². The normalized spacial score (nSPS) is 13.1. The molecule has 0 saturated carbocycles. The van der Waals surface area contributed by atoms with Crippen molar-refractivity contribution in [1.82, 2.24) is 14.9 Å². The van der Waals surface area contributed by atoms with E-state index in [1.165, 1.54) is 0 Å². The van der Waals surface area contributed by atoms with Crippen molar-refractivity contribution < 1.29 is 14.3 Å². The zero-order chi connectivity index (χ0) is 17.4. The van der Waals surface area contributed by atoms with Gasteiger partial charge in [-0.25, -0.2) is 4.98 Å². The first kappa shape index (κ1) is 15.9. The summed E-state index contributed by atoms with van der Waals surface area (Å²) in [5, 5.41) is 0. The number of amides is 1. The van der Waals surface area contributed by atoms with Crippen LogP contribution in [0, 0.1) is 6.92 Å². The van der Waals surface area contributed by atoms with Crippen molar-refractivity contribution in [3.05, 3.63) is 34.5 Å². The van der Waals surface area contributed by atoms with Gasteiger partial charge in [0.15, 0.2) is 0 Å². The molecule has 8 heteroatoms. The summed E-state index contributed by atoms with van der Waals surface area (Å²) in [6.07, 6.45) is 0. The number of anilines is 2. The third-order valence-electron chi connectivity index (χ3n) is 4.08. The largest absolute Gasteiger partial charge is 0.496 e. The second kappa shape index (κ2) is 5.88. The molecular formula is C16H19N5O3. The minimum absolute atomic E-state index is 0.000115. The fraction of sp³-hybridized carbons (Fsp3) is 0.312. The van der Waals surface area contributed by atoms with E-state index < -0.39 is 0 Å². The molecule has 0 fully saturated rings. The maximum absolute atomic E-state index is 12.5. The van der Waals surface area contributed by atoms with E-state index in [9.17, 15) is 4.79 Å². The summed E-state index contributed by atoms with van der Waals surface area (Å²) in [7, 11) is 3.20. The van der Waals surface area contributed by atoms with Crippen LogP contribution in [0.3, 0.4) is 0 Å². The van der Waals surface area contributed by atoms with Crippen molar-refractivity contribution in [2.75, 3.05) is 25.7 Å². The van der Waals surface area contributed by atoms with Gasteiger partial charge in [0.05, 0.1) is 20.8 Å². The molecule has 3 rings (SSSR count). The number of hydrogen-bond acceptors (Lipinski definition) is 7. The number of nitrogens with two attached hydrogens (primary N) is 2. The zero-order valence-corrected chi connectivity index (χ0v) is 13.8. The highest BCUT2D eigenvalue weighted by Crippen LogP contribution is 2.32. The number of benzene rings is 1. The fourth-order valence-electron chi connectivity index (χ4n) is 2.84. The van der Waals surface area contributed by atoms with Gasteiger partial charge >= 0.3 is 0 Å². The van der Waals surface area contributed by atoms with Crippen LogP contribution in [0.25, 0.3) is 0 Å². The van der Waals surface area contributed by atoms with Gasteiger partial charge in [0.25, 0.3) is 5.91 Å². The Hall–Kier alpha value is -3.03. The van der Waals surface area contributed by atoms with Crippen molar-refractivity contribution in [3.63, 3.8) is 0 Å². The number of hydrogen-bond donors (Lipinski definition) is 2. The first-order chi connectivity index (χ1) is 11.4. The second-order valence-corrected chi connectivity index (χ2v) is 5.58. The summed E-state index contributed by atoms with van der Waals surface area (Å²) in [6, 6.07) is 3.77. The van der Waals surface area contributed by atoms with E-state index in [0.717, 1.165) is 11.1 Å². The van der Waals surface area contributed by atoms with E-state index in [1.54, 1.807) is 19.1 Å². The number of rotatable bonds is 4. The van der Waals surface area contributed by atoms with E-state index in [1.807, 2.05) is 19.1 Å². The molecule has 2 heterocycles. The van der Waals surface area contributed by atoms with E-state index in [-0.39, 0.29) is 23.4 Å². The number of methoxy groups -OCH3 is 2. The van der Waals surface area contributed by atoms with Crippen molar-refractivity contribution in [2.45, 2.75) is 20.0 Å². The summed E-state index contributed by atoms with van der Waals surface area (Å²) in [5.74, 6) is 1.44. The van der Waals surface area contributed by atoms with Gasteiger partial charge in [0, 0.05) is 17.7 Å². The van der Waals surface area contributed by atoms with E-state index in [2.05, 4.69) is 9.97 Å². The molecule has 8 nitrogen and oxygen atoms in total. The molecule has 0 unspecified atom stereocenters. The van der Waals surface area contributed by atoms with Crippen LogP contribution in [0.2, 0.25) is 0 Å². The average Bonchev–Trinajstić information content (AvgIpc) is 2.86. The standard InChI is InChI=1S/C16H19N5O3/c1-8-11(23-2)4-9(5-12(8)24-3)6-21-7-10-13(15(21)22)19-16(18)20-14(10)17/h4-5H,6-7H2,1-3H3,(H4,17,18,19,20). The number of nitrogen functional groups attached to an aromatic ring is 2. The van der Waals surface area contributed by atoms with Gasteiger partial charge in [-0.3, -0.25) is 4.79 Å². The van der Waals surface area contributed by atoms with Crippen LogP contribution in [0.1, 0.15) is 27.2 Å². The predicted molar refractivity (Wildman–Crippen MR) is 88.7 cm³/mol. The molecule has 1 aliphatic heterocycles. The number of aromatic nitrogens is 2. The molecule has 0 atom stereocenters. The average molecular weight is 329 g/mol. The summed E-state index contributed by atoms with van der Waals surface area (Å²) < 4.78 is 10.7. The number of ether oxygens (including phenoxy) is 2. The van der Waals surface area contributed by atoms with Gasteiger partial charge in [-0.05, 0) is 24.6 Å². The van der Waals surface area contributed by atoms with Gasteiger partial charge in [0.1, 0.15) is 23.0 Å². The Morgan fingerprint density at radius 2 is 1.79 bits per heavy atom. The molecule has 0 aliphatic carbocycles. The van der Waals surface area contributed by atoms with E-state index in [4.69, 9.17) is 20.9 Å². The molecule has 24 heavy (non-hydrogen) atoms. The van der Waals surface area contributed by atoms with Crippen molar-refractivity contribution in [2.24, 2.45) is 0 Å². The van der Waals surface area contributed by atoms with E-state index >= 15 is 0 Å². The van der Waals surface area contributed by atoms with Crippen molar-refractivity contribution >= 4 is 17.7 Å². The van der Waals surface area contributed by atoms with Crippen molar-refractivity contribution in [3.8, 4) is 11.5 Å². The van der Waals surface area contributed by atoms with Gasteiger partial charge in [-0.1, -0.05) is 0 Å². The highest BCUT2D eigenvalue weighted by Gasteiger charge is 2.32. The number of carbonyl (C=O) groups excluding carboxylic acids is 1. The Labute approximate surface area is 139 Å². The van der Waals surface area contributed by atoms with Gasteiger partial charge < -0.3 is 25.8 Å². The molecule has 0 radical (unpaired) electrons. The molecule has 0 bridgehead atoms. The van der Waals surface area contributed by atoms with Crippen LogP contribution in [-0.4, -0.2) is 35.0 Å². The van der Waals surface area contributed by atoms with Crippen LogP contribution in [-0.2, 0) is 13.1 Å². The summed E-state index contributed by atoms with van der Waals surface area (Å²) in [4.78, 5) is 22.1. The lowest BCUT2D eigenvalue weighted by atomic mass is 10.1. The first-order valence-corrected chi connectivity index (χ1v) is 7.37. The van der Waals surface area contributed by atoms with Crippen LogP contribution in [0.4, 0.5) is 11.8 Å². The van der Waals surface area contributed by atoms with Crippen LogP contribution in [0.15, 0.2) is 12.1 Å². The van der Waals surface area contributed by atoms with Gasteiger partial charge in [0.2, 0.25) is 5.95 Å². The highest BCUT2D eigenvalue weighted by atomic mass is 16.5. The Morgan fingerprint density at radius 3 is 2.38 bits per heavy atom. The molecule has 1 aromatic carbocycles. The first-order valence-electron chi connectivity index (χ1n) is 7.37. The molecule has 1 aromatic heterocycles. The quantitative estimate of drug-likeness (QED) is 0.863. The Bertz CT molecular complexity index is 797. The highest BCUT2D eigenvalue weighted by molar-refractivity contribution is 5.97. The summed E-state index contributed by atoms with van der Waals surface area (Å²) in [6.45, 7) is 2.64. The SMILES string of the molecule is COc1cc(CN2Cc3c(N)nc(N)nc3C2=O)cc(OC)c1C. The summed E-state index contributed by atoms with van der Waals surface area (Å²) >= 11 is 0. The monoisotopic (exact) mass is 329 g/mol. The lowest BCUT2D eigenvalue weighted by Gasteiger charge is -2.18. The third kappa shape index (κ3) is 2.55. The minimum Gasteiger partial charge on any atom is -0.496 e. The number of fused-ring (bicyclic) bond motifs is 1. The minimum atomic E-state index is -0.218. The molecule has 1 amide bonds. The molecule has 1 aliphatic rings. The van der Waals surface area contributed by atoms with Crippen LogP contribution < -0.4 is 20.9 Å². The Balaban J connectivity index is 1.91. The topological polar surface area (TPSA) is 117 Å². The summed E-state index contributed by atoms with van der Waals surface area (Å²) in [5.41, 5.74) is 14.1. The Kier molecular flexibility index (Phi) is 3.88. The maximum Gasteiger partial charge on any atom is 0.273 e. The Morgan fingerprint density at radius 1 is 1.17 bits per heavy atom. The maximum atomic E-state index is 12.5. The molecule has 0 spiro atoms. The molecule has 0 saturated heterocycles. The van der Waals surface area contributed by atoms with Gasteiger partial charge in [-0.15, -0.1) is 0 Å². The van der Waals surface area contributed by atoms with Gasteiger partial charge in [-0.2, -0.15) is 4.98 Å². The van der Waals surface area contributed by atoms with Crippen LogP contribution in [0.5, 0.6) is 11.5 Å².